The maximum Gasteiger partial charge on any atom is 0.240 e. The van der Waals surface area contributed by atoms with Crippen LogP contribution in [0.25, 0.3) is 0 Å². The number of halogens is 1. The van der Waals surface area contributed by atoms with E-state index in [9.17, 15) is 0 Å². The molecule has 2 rings (SSSR count). The summed E-state index contributed by atoms with van der Waals surface area (Å²) in [6.45, 7) is 1.37. The zero-order chi connectivity index (χ0) is 9.97. The van der Waals surface area contributed by atoms with Gasteiger partial charge in [0.05, 0.1) is 19.3 Å². The van der Waals surface area contributed by atoms with Gasteiger partial charge in [0.1, 0.15) is 0 Å². The van der Waals surface area contributed by atoms with Crippen LogP contribution in [0.15, 0.2) is 4.73 Å². The van der Waals surface area contributed by atoms with Gasteiger partial charge in [0.15, 0.2) is 4.73 Å². The topological polar surface area (TPSA) is 66.0 Å². The Morgan fingerprint density at radius 1 is 1.57 bits per heavy atom. The second kappa shape index (κ2) is 4.27. The van der Waals surface area contributed by atoms with E-state index in [-0.39, 0.29) is 0 Å². The monoisotopic (exact) mass is 260 g/mol. The molecule has 0 spiro atoms. The Morgan fingerprint density at radius 3 is 2.86 bits per heavy atom. The molecule has 0 aromatic carbocycles. The van der Waals surface area contributed by atoms with Gasteiger partial charge in [-0.05, 0) is 35.2 Å². The molecule has 1 aliphatic rings. The van der Waals surface area contributed by atoms with Gasteiger partial charge in [-0.15, -0.1) is 5.10 Å². The van der Waals surface area contributed by atoms with Crippen molar-refractivity contribution < 1.29 is 4.74 Å². The first-order chi connectivity index (χ1) is 6.75. The van der Waals surface area contributed by atoms with Crippen LogP contribution in [0.3, 0.4) is 0 Å². The van der Waals surface area contributed by atoms with Crippen LogP contribution in [0.1, 0.15) is 19.3 Å². The van der Waals surface area contributed by atoms with Gasteiger partial charge in [0.2, 0.25) is 5.95 Å². The third-order valence-electron chi connectivity index (χ3n) is 2.35. The lowest BCUT2D eigenvalue weighted by Gasteiger charge is -2.25. The smallest absolute Gasteiger partial charge is 0.240 e. The van der Waals surface area contributed by atoms with E-state index < -0.39 is 0 Å². The molecule has 1 aliphatic carbocycles. The molecule has 0 saturated heterocycles. The fourth-order valence-corrected chi connectivity index (χ4v) is 1.76. The Balaban J connectivity index is 1.76. The quantitative estimate of drug-likeness (QED) is 0.884. The molecule has 1 aromatic rings. The zero-order valence-electron chi connectivity index (χ0n) is 7.82. The maximum atomic E-state index is 5.60. The number of nitrogens with zero attached hydrogens (tertiary/aromatic N) is 3. The second-order valence-corrected chi connectivity index (χ2v) is 4.10. The van der Waals surface area contributed by atoms with Crippen molar-refractivity contribution >= 4 is 21.9 Å². The van der Waals surface area contributed by atoms with Crippen molar-refractivity contribution in [1.82, 2.24) is 14.8 Å². The third kappa shape index (κ3) is 2.24. The molecule has 78 valence electrons. The summed E-state index contributed by atoms with van der Waals surface area (Å²) in [6.07, 6.45) is 4.15. The molecule has 1 saturated carbocycles. The van der Waals surface area contributed by atoms with Crippen molar-refractivity contribution in [3.63, 3.8) is 0 Å². The first-order valence-electron chi connectivity index (χ1n) is 4.73. The summed E-state index contributed by atoms with van der Waals surface area (Å²) in [5.74, 6) is 0.292. The van der Waals surface area contributed by atoms with Crippen LogP contribution in [0.2, 0.25) is 0 Å². The van der Waals surface area contributed by atoms with Gasteiger partial charge in [-0.2, -0.15) is 4.98 Å². The van der Waals surface area contributed by atoms with Gasteiger partial charge in [0.25, 0.3) is 0 Å². The highest BCUT2D eigenvalue weighted by Crippen LogP contribution is 2.21. The lowest BCUT2D eigenvalue weighted by atomic mass is 9.96. The molecule has 0 bridgehead atoms. The summed E-state index contributed by atoms with van der Waals surface area (Å²) in [6, 6.07) is 0. The molecule has 14 heavy (non-hydrogen) atoms. The van der Waals surface area contributed by atoms with Crippen LogP contribution in [0.4, 0.5) is 5.95 Å². The van der Waals surface area contributed by atoms with E-state index in [1.54, 1.807) is 4.68 Å². The Hall–Kier alpha value is -0.620. The van der Waals surface area contributed by atoms with Crippen LogP contribution in [0, 0.1) is 0 Å². The van der Waals surface area contributed by atoms with Crippen molar-refractivity contribution in [3.8, 4) is 0 Å². The molecule has 6 heteroatoms. The molecule has 5 nitrogen and oxygen atoms in total. The molecule has 0 atom stereocenters. The van der Waals surface area contributed by atoms with Gasteiger partial charge in [0, 0.05) is 0 Å². The van der Waals surface area contributed by atoms with E-state index in [0.717, 1.165) is 0 Å². The zero-order valence-corrected chi connectivity index (χ0v) is 9.40. The Morgan fingerprint density at radius 2 is 2.36 bits per heavy atom. The Bertz CT molecular complexity index is 310. The summed E-state index contributed by atoms with van der Waals surface area (Å²) >= 11 is 3.27. The molecule has 0 radical (unpaired) electrons. The molecule has 0 unspecified atom stereocenters. The fraction of sp³-hybridized carbons (Fsp3) is 0.750. The van der Waals surface area contributed by atoms with Crippen LogP contribution in [-0.2, 0) is 11.3 Å². The predicted molar refractivity (Wildman–Crippen MR) is 55.7 cm³/mol. The number of ether oxygens (including phenoxy) is 1. The normalized spacial score (nSPS) is 16.9. The lowest BCUT2D eigenvalue weighted by Crippen LogP contribution is -2.23. The molecule has 1 aromatic heterocycles. The fourth-order valence-electron chi connectivity index (χ4n) is 1.33. The van der Waals surface area contributed by atoms with E-state index in [4.69, 9.17) is 10.5 Å². The Kier molecular flexibility index (Phi) is 3.02. The van der Waals surface area contributed by atoms with Crippen molar-refractivity contribution in [2.24, 2.45) is 0 Å². The summed E-state index contributed by atoms with van der Waals surface area (Å²) in [5, 5.41) is 4.01. The predicted octanol–water partition coefficient (Wildman–Crippen LogP) is 1.19. The van der Waals surface area contributed by atoms with Crippen molar-refractivity contribution in [2.75, 3.05) is 12.3 Å². The molecular formula is C8H13BrN4O. The summed E-state index contributed by atoms with van der Waals surface area (Å²) < 4.78 is 7.96. The van der Waals surface area contributed by atoms with Crippen molar-refractivity contribution in [2.45, 2.75) is 31.9 Å². The highest BCUT2D eigenvalue weighted by molar-refractivity contribution is 9.10. The molecule has 0 aliphatic heterocycles. The molecule has 1 fully saturated rings. The standard InChI is InChI=1S/C8H13BrN4O/c9-7-11-8(10)12-13(7)4-5-14-6-2-1-3-6/h6H,1-5H2,(H2,10,12). The highest BCUT2D eigenvalue weighted by Gasteiger charge is 2.17. The van der Waals surface area contributed by atoms with E-state index >= 15 is 0 Å². The third-order valence-corrected chi connectivity index (χ3v) is 2.94. The number of aromatic nitrogens is 3. The summed E-state index contributed by atoms with van der Waals surface area (Å²) in [4.78, 5) is 3.93. The maximum absolute atomic E-state index is 5.60. The average molecular weight is 261 g/mol. The molecule has 1 heterocycles. The first kappa shape index (κ1) is 9.92. The van der Waals surface area contributed by atoms with Gasteiger partial charge in [-0.3, -0.25) is 0 Å². The van der Waals surface area contributed by atoms with E-state index in [1.165, 1.54) is 19.3 Å². The molecular weight excluding hydrogens is 248 g/mol. The number of rotatable bonds is 4. The average Bonchev–Trinajstić information content (AvgIpc) is 2.36. The largest absolute Gasteiger partial charge is 0.376 e. The minimum Gasteiger partial charge on any atom is -0.376 e. The second-order valence-electron chi connectivity index (χ2n) is 3.39. The van der Waals surface area contributed by atoms with E-state index in [0.29, 0.717) is 29.9 Å². The van der Waals surface area contributed by atoms with Crippen LogP contribution in [-0.4, -0.2) is 27.5 Å². The number of hydrogen-bond donors (Lipinski definition) is 1. The number of hydrogen-bond acceptors (Lipinski definition) is 4. The van der Waals surface area contributed by atoms with Crippen LogP contribution < -0.4 is 5.73 Å². The summed E-state index contributed by atoms with van der Waals surface area (Å²) in [5.41, 5.74) is 5.43. The van der Waals surface area contributed by atoms with E-state index in [2.05, 4.69) is 26.0 Å². The first-order valence-corrected chi connectivity index (χ1v) is 5.52. The summed E-state index contributed by atoms with van der Waals surface area (Å²) in [7, 11) is 0. The number of nitrogen functional groups attached to an aromatic ring is 1. The highest BCUT2D eigenvalue weighted by atomic mass is 79.9. The number of anilines is 1. The van der Waals surface area contributed by atoms with Crippen molar-refractivity contribution in [3.05, 3.63) is 4.73 Å². The Labute approximate surface area is 90.8 Å². The van der Waals surface area contributed by atoms with Crippen LogP contribution >= 0.6 is 15.9 Å². The van der Waals surface area contributed by atoms with Gasteiger partial charge < -0.3 is 10.5 Å². The van der Waals surface area contributed by atoms with E-state index in [1.807, 2.05) is 0 Å². The minimum absolute atomic E-state index is 0.292. The SMILES string of the molecule is Nc1nc(Br)n(CCOC2CCC2)n1. The molecule has 2 N–H and O–H groups in total. The lowest BCUT2D eigenvalue weighted by molar-refractivity contribution is -0.00256. The van der Waals surface area contributed by atoms with Gasteiger partial charge >= 0.3 is 0 Å². The van der Waals surface area contributed by atoms with Gasteiger partial charge in [-0.1, -0.05) is 0 Å². The van der Waals surface area contributed by atoms with Crippen molar-refractivity contribution in [1.29, 1.82) is 0 Å². The van der Waals surface area contributed by atoms with Crippen LogP contribution in [0.5, 0.6) is 0 Å². The van der Waals surface area contributed by atoms with Gasteiger partial charge in [-0.25, -0.2) is 4.68 Å². The minimum atomic E-state index is 0.292. The molecule has 0 amide bonds. The number of nitrogens with two attached hydrogens (primary N) is 1.